The second-order valence-electron chi connectivity index (χ2n) is 7.22. The van der Waals surface area contributed by atoms with E-state index in [2.05, 4.69) is 67.4 Å². The molecule has 0 spiro atoms. The third-order valence-electron chi connectivity index (χ3n) is 4.63. The highest BCUT2D eigenvalue weighted by atomic mass is 32.1. The summed E-state index contributed by atoms with van der Waals surface area (Å²) in [5.74, 6) is 0.618. The molecule has 21 heavy (non-hydrogen) atoms. The Labute approximate surface area is 134 Å². The summed E-state index contributed by atoms with van der Waals surface area (Å²) in [6, 6.07) is 4.88. The molecule has 2 rings (SSSR count). The smallest absolute Gasteiger partial charge is 0.0438 e. The lowest BCUT2D eigenvalue weighted by molar-refractivity contribution is 0.0591. The first-order valence-electron chi connectivity index (χ1n) is 8.10. The standard InChI is InChI=1S/C17H31N3S/c1-14(2)16(15-7-6-12-21-15)18-13-17(3,4)20-10-8-19(5)9-11-20/h6-7,12,14,16,18H,8-11,13H2,1-5H3. The van der Waals surface area contributed by atoms with Gasteiger partial charge in [0.1, 0.15) is 0 Å². The predicted molar refractivity (Wildman–Crippen MR) is 93.0 cm³/mol. The second-order valence-corrected chi connectivity index (χ2v) is 8.20. The molecular formula is C17H31N3S. The third kappa shape index (κ3) is 4.52. The van der Waals surface area contributed by atoms with Crippen molar-refractivity contribution in [2.24, 2.45) is 5.92 Å². The molecule has 1 N–H and O–H groups in total. The molecular weight excluding hydrogens is 278 g/mol. The Morgan fingerprint density at radius 1 is 1.24 bits per heavy atom. The molecule has 1 aromatic rings. The van der Waals surface area contributed by atoms with Crippen LogP contribution in [0, 0.1) is 5.92 Å². The number of nitrogens with zero attached hydrogens (tertiary/aromatic N) is 2. The summed E-state index contributed by atoms with van der Waals surface area (Å²) in [4.78, 5) is 6.51. The normalized spacial score (nSPS) is 20.1. The van der Waals surface area contributed by atoms with Gasteiger partial charge in [0.2, 0.25) is 0 Å². The Hall–Kier alpha value is -0.420. The molecule has 1 atom stereocenters. The maximum atomic E-state index is 3.83. The van der Waals surface area contributed by atoms with Gasteiger partial charge in [0.25, 0.3) is 0 Å². The molecule has 4 heteroatoms. The number of piperazine rings is 1. The van der Waals surface area contributed by atoms with Crippen molar-refractivity contribution in [2.45, 2.75) is 39.3 Å². The number of nitrogens with one attached hydrogen (secondary N) is 1. The number of rotatable bonds is 6. The van der Waals surface area contributed by atoms with Crippen LogP contribution >= 0.6 is 11.3 Å². The first-order valence-corrected chi connectivity index (χ1v) is 8.98. The maximum Gasteiger partial charge on any atom is 0.0438 e. The average molecular weight is 310 g/mol. The fraction of sp³-hybridized carbons (Fsp3) is 0.765. The molecule has 0 amide bonds. The fourth-order valence-electron chi connectivity index (χ4n) is 3.02. The van der Waals surface area contributed by atoms with Gasteiger partial charge in [0, 0.05) is 49.2 Å². The van der Waals surface area contributed by atoms with Crippen molar-refractivity contribution in [3.05, 3.63) is 22.4 Å². The highest BCUT2D eigenvalue weighted by Crippen LogP contribution is 2.27. The van der Waals surface area contributed by atoms with E-state index in [1.807, 2.05) is 11.3 Å². The molecule has 0 aromatic carbocycles. The Morgan fingerprint density at radius 2 is 1.90 bits per heavy atom. The van der Waals surface area contributed by atoms with Gasteiger partial charge in [-0.25, -0.2) is 0 Å². The van der Waals surface area contributed by atoms with Crippen molar-refractivity contribution in [3.8, 4) is 0 Å². The first-order chi connectivity index (χ1) is 9.90. The van der Waals surface area contributed by atoms with Crippen molar-refractivity contribution < 1.29 is 0 Å². The molecule has 1 saturated heterocycles. The van der Waals surface area contributed by atoms with Gasteiger partial charge in [-0.05, 0) is 38.3 Å². The molecule has 3 nitrogen and oxygen atoms in total. The summed E-state index contributed by atoms with van der Waals surface area (Å²) in [5.41, 5.74) is 0.214. The van der Waals surface area contributed by atoms with E-state index < -0.39 is 0 Å². The second kappa shape index (κ2) is 7.23. The van der Waals surface area contributed by atoms with Crippen LogP contribution < -0.4 is 5.32 Å². The van der Waals surface area contributed by atoms with Crippen LogP contribution in [0.2, 0.25) is 0 Å². The minimum Gasteiger partial charge on any atom is -0.307 e. The molecule has 1 unspecified atom stereocenters. The summed E-state index contributed by atoms with van der Waals surface area (Å²) in [6.07, 6.45) is 0. The van der Waals surface area contributed by atoms with Crippen LogP contribution in [0.4, 0.5) is 0 Å². The minimum absolute atomic E-state index is 0.214. The van der Waals surface area contributed by atoms with E-state index in [0.717, 1.165) is 6.54 Å². The Balaban J connectivity index is 1.93. The highest BCUT2D eigenvalue weighted by molar-refractivity contribution is 7.10. The number of hydrogen-bond acceptors (Lipinski definition) is 4. The van der Waals surface area contributed by atoms with Gasteiger partial charge in [0.05, 0.1) is 0 Å². The van der Waals surface area contributed by atoms with Crippen LogP contribution in [0.15, 0.2) is 17.5 Å². The molecule has 0 saturated carbocycles. The number of likely N-dealkylation sites (N-methyl/N-ethyl adjacent to an activating group) is 1. The first kappa shape index (κ1) is 16.9. The largest absolute Gasteiger partial charge is 0.307 e. The SMILES string of the molecule is CC(C)C(NCC(C)(C)N1CCN(C)CC1)c1cccs1. The molecule has 0 radical (unpaired) electrons. The lowest BCUT2D eigenvalue weighted by atomic mass is 9.98. The number of hydrogen-bond donors (Lipinski definition) is 1. The highest BCUT2D eigenvalue weighted by Gasteiger charge is 2.30. The molecule has 1 aromatic heterocycles. The minimum atomic E-state index is 0.214. The van der Waals surface area contributed by atoms with Crippen LogP contribution in [0.1, 0.15) is 38.6 Å². The lowest BCUT2D eigenvalue weighted by Gasteiger charge is -2.44. The van der Waals surface area contributed by atoms with Crippen molar-refractivity contribution in [3.63, 3.8) is 0 Å². The molecule has 2 heterocycles. The topological polar surface area (TPSA) is 18.5 Å². The van der Waals surface area contributed by atoms with Crippen LogP contribution in [0.5, 0.6) is 0 Å². The van der Waals surface area contributed by atoms with Crippen molar-refractivity contribution >= 4 is 11.3 Å². The van der Waals surface area contributed by atoms with Gasteiger partial charge in [0.15, 0.2) is 0 Å². The van der Waals surface area contributed by atoms with Crippen LogP contribution in [-0.2, 0) is 0 Å². The summed E-state index contributed by atoms with van der Waals surface area (Å²) in [6.45, 7) is 15.1. The van der Waals surface area contributed by atoms with E-state index >= 15 is 0 Å². The van der Waals surface area contributed by atoms with Crippen LogP contribution in [0.3, 0.4) is 0 Å². The quantitative estimate of drug-likeness (QED) is 0.871. The van der Waals surface area contributed by atoms with E-state index in [9.17, 15) is 0 Å². The predicted octanol–water partition coefficient (Wildman–Crippen LogP) is 3.06. The van der Waals surface area contributed by atoms with Crippen molar-refractivity contribution in [1.29, 1.82) is 0 Å². The molecule has 0 aliphatic carbocycles. The molecule has 1 aliphatic heterocycles. The summed E-state index contributed by atoms with van der Waals surface area (Å²) < 4.78 is 0. The molecule has 120 valence electrons. The Morgan fingerprint density at radius 3 is 2.43 bits per heavy atom. The zero-order valence-electron chi connectivity index (χ0n) is 14.2. The number of thiophene rings is 1. The molecule has 1 aliphatic rings. The van der Waals surface area contributed by atoms with E-state index in [1.165, 1.54) is 31.1 Å². The monoisotopic (exact) mass is 309 g/mol. The van der Waals surface area contributed by atoms with E-state index in [1.54, 1.807) is 0 Å². The van der Waals surface area contributed by atoms with Gasteiger partial charge < -0.3 is 10.2 Å². The molecule has 0 bridgehead atoms. The Kier molecular flexibility index (Phi) is 5.83. The van der Waals surface area contributed by atoms with Crippen molar-refractivity contribution in [1.82, 2.24) is 15.1 Å². The van der Waals surface area contributed by atoms with Gasteiger partial charge in [-0.15, -0.1) is 11.3 Å². The zero-order chi connectivity index (χ0) is 15.5. The van der Waals surface area contributed by atoms with E-state index in [4.69, 9.17) is 0 Å². The van der Waals surface area contributed by atoms with Crippen molar-refractivity contribution in [2.75, 3.05) is 39.8 Å². The fourth-order valence-corrected chi connectivity index (χ4v) is 3.99. The van der Waals surface area contributed by atoms with E-state index in [-0.39, 0.29) is 5.54 Å². The molecule has 1 fully saturated rings. The Bertz CT molecular complexity index is 406. The van der Waals surface area contributed by atoms with Gasteiger partial charge in [-0.3, -0.25) is 4.90 Å². The van der Waals surface area contributed by atoms with Crippen LogP contribution in [0.25, 0.3) is 0 Å². The third-order valence-corrected chi connectivity index (χ3v) is 5.59. The summed E-state index contributed by atoms with van der Waals surface area (Å²) >= 11 is 1.86. The zero-order valence-corrected chi connectivity index (χ0v) is 15.0. The van der Waals surface area contributed by atoms with Gasteiger partial charge in [-0.2, -0.15) is 0 Å². The van der Waals surface area contributed by atoms with Gasteiger partial charge in [-0.1, -0.05) is 19.9 Å². The summed E-state index contributed by atoms with van der Waals surface area (Å²) in [5, 5.41) is 6.00. The summed E-state index contributed by atoms with van der Waals surface area (Å²) in [7, 11) is 2.22. The lowest BCUT2D eigenvalue weighted by Crippen LogP contribution is -2.57. The van der Waals surface area contributed by atoms with E-state index in [0.29, 0.717) is 12.0 Å². The van der Waals surface area contributed by atoms with Gasteiger partial charge >= 0.3 is 0 Å². The average Bonchev–Trinajstić information content (AvgIpc) is 2.93. The van der Waals surface area contributed by atoms with Crippen LogP contribution in [-0.4, -0.2) is 55.1 Å². The maximum absolute atomic E-state index is 3.83.